The Kier molecular flexibility index (Phi) is 9.45. The van der Waals surface area contributed by atoms with Gasteiger partial charge in [0.15, 0.2) is 0 Å². The van der Waals surface area contributed by atoms with Gasteiger partial charge in [-0.15, -0.1) is 6.58 Å². The van der Waals surface area contributed by atoms with Crippen molar-refractivity contribution in [3.05, 3.63) is 158 Å². The molecule has 226 valence electrons. The van der Waals surface area contributed by atoms with Crippen LogP contribution in [0.4, 0.5) is 0 Å². The fourth-order valence-corrected chi connectivity index (χ4v) is 6.79. The molecule has 0 spiro atoms. The van der Waals surface area contributed by atoms with Gasteiger partial charge < -0.3 is 0 Å². The molecule has 2 heteroatoms. The number of aromatic nitrogens is 1. The van der Waals surface area contributed by atoms with Crippen LogP contribution >= 0.6 is 0 Å². The summed E-state index contributed by atoms with van der Waals surface area (Å²) in [7, 11) is 0. The maximum Gasteiger partial charge on any atom is 0.0705 e. The molecule has 0 fully saturated rings. The molecule has 1 heterocycles. The number of aliphatic imine (C=N–C) groups is 1. The lowest BCUT2D eigenvalue weighted by Gasteiger charge is -2.22. The largest absolute Gasteiger partial charge is 0.264 e. The van der Waals surface area contributed by atoms with E-state index in [1.54, 1.807) is 6.08 Å². The molecule has 0 saturated carbocycles. The lowest BCUT2D eigenvalue weighted by Crippen LogP contribution is -2.00. The van der Waals surface area contributed by atoms with E-state index in [9.17, 15) is 0 Å². The molecule has 6 rings (SSSR count). The van der Waals surface area contributed by atoms with Crippen molar-refractivity contribution < 1.29 is 0 Å². The third-order valence-corrected chi connectivity index (χ3v) is 8.71. The molecule has 5 aromatic carbocycles. The highest BCUT2D eigenvalue weighted by Gasteiger charge is 2.21. The zero-order valence-corrected chi connectivity index (χ0v) is 26.8. The van der Waals surface area contributed by atoms with E-state index in [1.807, 2.05) is 37.7 Å². The Bertz CT molecular complexity index is 2090. The topological polar surface area (TPSA) is 25.2 Å². The van der Waals surface area contributed by atoms with Crippen LogP contribution in [-0.2, 0) is 0 Å². The van der Waals surface area contributed by atoms with Crippen molar-refractivity contribution >= 4 is 44.2 Å². The predicted octanol–water partition coefficient (Wildman–Crippen LogP) is 12.5. The number of allylic oxidation sites excluding steroid dienone is 5. The third-order valence-electron chi connectivity index (χ3n) is 8.71. The molecule has 0 bridgehead atoms. The summed E-state index contributed by atoms with van der Waals surface area (Å²) in [6, 6.07) is 33.2. The van der Waals surface area contributed by atoms with Crippen LogP contribution in [0.3, 0.4) is 0 Å². The van der Waals surface area contributed by atoms with E-state index in [4.69, 9.17) is 0 Å². The van der Waals surface area contributed by atoms with Gasteiger partial charge >= 0.3 is 0 Å². The van der Waals surface area contributed by atoms with Gasteiger partial charge in [0.1, 0.15) is 0 Å². The van der Waals surface area contributed by atoms with E-state index in [2.05, 4.69) is 133 Å². The summed E-state index contributed by atoms with van der Waals surface area (Å²) in [5.41, 5.74) is 7.91. The summed E-state index contributed by atoms with van der Waals surface area (Å²) in [4.78, 5) is 9.21. The number of rotatable bonds is 11. The molecular weight excluding hydrogens is 556 g/mol. The minimum absolute atomic E-state index is 0.250. The quantitative estimate of drug-likeness (QED) is 0.0632. The van der Waals surface area contributed by atoms with E-state index in [0.29, 0.717) is 0 Å². The normalized spacial score (nSPS) is 12.9. The van der Waals surface area contributed by atoms with Gasteiger partial charge in [0.2, 0.25) is 0 Å². The van der Waals surface area contributed by atoms with E-state index < -0.39 is 0 Å². The Morgan fingerprint density at radius 3 is 1.98 bits per heavy atom. The Labute approximate surface area is 272 Å². The Balaban J connectivity index is 1.66. The van der Waals surface area contributed by atoms with Crippen molar-refractivity contribution in [3.8, 4) is 22.3 Å². The second kappa shape index (κ2) is 14.2. The monoisotopic (exact) mass is 596 g/mol. The number of benzene rings is 5. The lowest BCUT2D eigenvalue weighted by molar-refractivity contribution is 0.864. The van der Waals surface area contributed by atoms with Gasteiger partial charge in [-0.3, -0.25) is 9.98 Å². The average Bonchev–Trinajstić information content (AvgIpc) is 3.10. The highest BCUT2D eigenvalue weighted by Crippen LogP contribution is 2.46. The first kappa shape index (κ1) is 30.7. The first-order valence-corrected chi connectivity index (χ1v) is 16.2. The number of nitrogens with zero attached hydrogens (tertiary/aromatic N) is 2. The van der Waals surface area contributed by atoms with Crippen molar-refractivity contribution in [3.63, 3.8) is 0 Å². The van der Waals surface area contributed by atoms with Crippen LogP contribution < -0.4 is 0 Å². The highest BCUT2D eigenvalue weighted by atomic mass is 14.7. The number of hydrogen-bond donors (Lipinski definition) is 0. The molecule has 0 radical (unpaired) electrons. The van der Waals surface area contributed by atoms with Crippen LogP contribution in [0.1, 0.15) is 50.2 Å². The van der Waals surface area contributed by atoms with Gasteiger partial charge in [-0.25, -0.2) is 0 Å². The zero-order valence-electron chi connectivity index (χ0n) is 26.8. The average molecular weight is 597 g/mol. The maximum absolute atomic E-state index is 4.67. The van der Waals surface area contributed by atoms with Crippen LogP contribution in [0.15, 0.2) is 152 Å². The molecule has 0 saturated heterocycles. The van der Waals surface area contributed by atoms with E-state index in [1.165, 1.54) is 49.0 Å². The van der Waals surface area contributed by atoms with Crippen molar-refractivity contribution in [2.45, 2.75) is 39.0 Å². The fraction of sp³-hybridized carbons (Fsp3) is 0.136. The molecule has 2 nitrogen and oxygen atoms in total. The molecule has 1 atom stereocenters. The number of unbranched alkanes of at least 4 members (excludes halogenated alkanes) is 1. The molecule has 0 N–H and O–H groups in total. The second-order valence-electron chi connectivity index (χ2n) is 11.5. The molecular formula is C44H40N2. The van der Waals surface area contributed by atoms with E-state index >= 15 is 0 Å². The Morgan fingerprint density at radius 1 is 0.761 bits per heavy atom. The summed E-state index contributed by atoms with van der Waals surface area (Å²) in [5, 5.41) is 7.51. The van der Waals surface area contributed by atoms with Gasteiger partial charge in [0.25, 0.3) is 0 Å². The Hall–Kier alpha value is -5.34. The number of pyridine rings is 1. The summed E-state index contributed by atoms with van der Waals surface area (Å²) in [6.07, 6.45) is 19.2. The minimum Gasteiger partial charge on any atom is -0.264 e. The highest BCUT2D eigenvalue weighted by molar-refractivity contribution is 6.20. The summed E-state index contributed by atoms with van der Waals surface area (Å²) in [6.45, 7) is 12.2. The lowest BCUT2D eigenvalue weighted by atomic mass is 9.81. The SMILES string of the molecule is C=C/C=C(\N=C/C)c1ccncc1-c1ccc(-c2c3ccccc3c(C(/C=C\CCC)CC=C)c3ccccc23)c2ccccc12. The van der Waals surface area contributed by atoms with Gasteiger partial charge in [-0.2, -0.15) is 0 Å². The third kappa shape index (κ3) is 5.75. The fourth-order valence-electron chi connectivity index (χ4n) is 6.79. The number of hydrogen-bond acceptors (Lipinski definition) is 2. The molecule has 0 aliphatic carbocycles. The standard InChI is InChI=1S/C44H40N2/c1-5-9-10-19-31(17-6-2)43-36-22-13-15-24-38(36)44(39-25-16-14-23-37(39)43)40-27-26-34(32-20-11-12-21-33(32)40)41-30-45-29-28-35(41)42(18-7-3)46-8-4/h6-8,10-16,18-31H,2-3,5,9,17H2,1,4H3/b19-10-,42-18-,46-8-. The van der Waals surface area contributed by atoms with E-state index in [0.717, 1.165) is 41.6 Å². The van der Waals surface area contributed by atoms with Gasteiger partial charge in [-0.1, -0.05) is 129 Å². The predicted molar refractivity (Wildman–Crippen MR) is 202 cm³/mol. The van der Waals surface area contributed by atoms with Crippen LogP contribution in [0.2, 0.25) is 0 Å². The van der Waals surface area contributed by atoms with Crippen LogP contribution in [0.5, 0.6) is 0 Å². The van der Waals surface area contributed by atoms with Crippen molar-refractivity contribution in [2.75, 3.05) is 0 Å². The maximum atomic E-state index is 4.67. The van der Waals surface area contributed by atoms with Crippen molar-refractivity contribution in [1.29, 1.82) is 0 Å². The summed E-state index contributed by atoms with van der Waals surface area (Å²) >= 11 is 0. The first-order valence-electron chi connectivity index (χ1n) is 16.2. The molecule has 0 aliphatic heterocycles. The van der Waals surface area contributed by atoms with Gasteiger partial charge in [-0.05, 0) is 86.5 Å². The minimum atomic E-state index is 0.250. The summed E-state index contributed by atoms with van der Waals surface area (Å²) in [5.74, 6) is 0.250. The van der Waals surface area contributed by atoms with Crippen LogP contribution in [0, 0.1) is 0 Å². The molecule has 1 unspecified atom stereocenters. The second-order valence-corrected chi connectivity index (χ2v) is 11.5. The van der Waals surface area contributed by atoms with Crippen molar-refractivity contribution in [1.82, 2.24) is 4.98 Å². The molecule has 1 aromatic heterocycles. The molecule has 0 aliphatic rings. The zero-order chi connectivity index (χ0) is 31.9. The number of fused-ring (bicyclic) bond motifs is 3. The molecule has 6 aromatic rings. The smallest absolute Gasteiger partial charge is 0.0705 e. The van der Waals surface area contributed by atoms with E-state index in [-0.39, 0.29) is 5.92 Å². The van der Waals surface area contributed by atoms with Crippen LogP contribution in [0.25, 0.3) is 60.3 Å². The first-order chi connectivity index (χ1) is 22.7. The summed E-state index contributed by atoms with van der Waals surface area (Å²) < 4.78 is 0. The molecule has 46 heavy (non-hydrogen) atoms. The molecule has 0 amide bonds. The van der Waals surface area contributed by atoms with Gasteiger partial charge in [0, 0.05) is 35.7 Å². The Morgan fingerprint density at radius 2 is 1.37 bits per heavy atom. The van der Waals surface area contributed by atoms with Crippen LogP contribution in [-0.4, -0.2) is 11.2 Å². The van der Waals surface area contributed by atoms with Crippen molar-refractivity contribution in [2.24, 2.45) is 4.99 Å². The van der Waals surface area contributed by atoms with Gasteiger partial charge in [0.05, 0.1) is 5.70 Å².